The van der Waals surface area contributed by atoms with Crippen LogP contribution in [-0.4, -0.2) is 69.1 Å². The first kappa shape index (κ1) is 21.7. The van der Waals surface area contributed by atoms with Crippen LogP contribution in [0.2, 0.25) is 0 Å². The summed E-state index contributed by atoms with van der Waals surface area (Å²) in [5.41, 5.74) is 3.52. The van der Waals surface area contributed by atoms with Crippen molar-refractivity contribution in [1.29, 1.82) is 0 Å². The second-order valence-corrected chi connectivity index (χ2v) is 8.80. The van der Waals surface area contributed by atoms with E-state index in [9.17, 15) is 14.3 Å². The molecule has 3 heterocycles. The molecule has 2 saturated heterocycles. The highest BCUT2D eigenvalue weighted by Crippen LogP contribution is 2.42. The maximum Gasteiger partial charge on any atom is 0.254 e. The molecule has 0 unspecified atom stereocenters. The van der Waals surface area contributed by atoms with E-state index in [-0.39, 0.29) is 30.5 Å². The van der Waals surface area contributed by atoms with Gasteiger partial charge in [0.25, 0.3) is 5.91 Å². The van der Waals surface area contributed by atoms with Gasteiger partial charge in [-0.1, -0.05) is 30.3 Å². The Morgan fingerprint density at radius 1 is 1.03 bits per heavy atom. The molecular formula is C26H27FN4O2. The molecule has 3 aromatic rings. The number of fused-ring (bicyclic) bond motifs is 1. The van der Waals surface area contributed by atoms with E-state index < -0.39 is 5.82 Å². The van der Waals surface area contributed by atoms with Crippen molar-refractivity contribution in [3.63, 3.8) is 0 Å². The Kier molecular flexibility index (Phi) is 6.15. The zero-order valence-corrected chi connectivity index (χ0v) is 18.3. The van der Waals surface area contributed by atoms with Crippen LogP contribution in [0.1, 0.15) is 34.7 Å². The molecule has 2 aliphatic heterocycles. The second kappa shape index (κ2) is 9.37. The summed E-state index contributed by atoms with van der Waals surface area (Å²) >= 11 is 0. The predicted molar refractivity (Wildman–Crippen MR) is 123 cm³/mol. The highest BCUT2D eigenvalue weighted by atomic mass is 19.1. The van der Waals surface area contributed by atoms with Gasteiger partial charge in [0.15, 0.2) is 0 Å². The Bertz CT molecular complexity index is 1110. The molecular weight excluding hydrogens is 419 g/mol. The number of carbonyl (C=O) groups excluding carboxylic acids is 1. The third-order valence-corrected chi connectivity index (χ3v) is 6.92. The van der Waals surface area contributed by atoms with Crippen LogP contribution in [0.3, 0.4) is 0 Å². The maximum absolute atomic E-state index is 13.7. The molecule has 33 heavy (non-hydrogen) atoms. The van der Waals surface area contributed by atoms with Crippen molar-refractivity contribution in [2.24, 2.45) is 0 Å². The third kappa shape index (κ3) is 4.26. The first-order valence-electron chi connectivity index (χ1n) is 11.4. The number of hydrogen-bond acceptors (Lipinski definition) is 5. The number of carbonyl (C=O) groups is 1. The zero-order valence-electron chi connectivity index (χ0n) is 18.3. The average Bonchev–Trinajstić information content (AvgIpc) is 2.83. The Hall–Kier alpha value is -3.16. The summed E-state index contributed by atoms with van der Waals surface area (Å²) in [5.74, 6) is -0.417. The Labute approximate surface area is 192 Å². The van der Waals surface area contributed by atoms with E-state index in [1.807, 2.05) is 4.90 Å². The van der Waals surface area contributed by atoms with Gasteiger partial charge in [-0.25, -0.2) is 14.4 Å². The number of rotatable bonds is 4. The van der Waals surface area contributed by atoms with Crippen molar-refractivity contribution in [3.05, 3.63) is 84.2 Å². The molecule has 1 N–H and O–H groups in total. The quantitative estimate of drug-likeness (QED) is 0.666. The van der Waals surface area contributed by atoms with Crippen molar-refractivity contribution < 1.29 is 14.3 Å². The number of aromatic nitrogens is 2. The van der Waals surface area contributed by atoms with Crippen LogP contribution in [0.15, 0.2) is 67.3 Å². The normalized spacial score (nSPS) is 23.2. The number of halogens is 1. The van der Waals surface area contributed by atoms with E-state index in [0.717, 1.165) is 36.1 Å². The minimum atomic E-state index is -0.403. The average molecular weight is 447 g/mol. The van der Waals surface area contributed by atoms with E-state index in [1.54, 1.807) is 24.5 Å². The van der Waals surface area contributed by atoms with Crippen LogP contribution in [0.25, 0.3) is 11.1 Å². The van der Waals surface area contributed by atoms with E-state index in [1.165, 1.54) is 18.5 Å². The fourth-order valence-electron chi connectivity index (χ4n) is 5.27. The number of nitrogens with zero attached hydrogens (tertiary/aromatic N) is 4. The lowest BCUT2D eigenvalue weighted by molar-refractivity contribution is -0.0606. The first-order chi connectivity index (χ1) is 16.2. The van der Waals surface area contributed by atoms with Crippen LogP contribution in [0, 0.1) is 5.82 Å². The summed E-state index contributed by atoms with van der Waals surface area (Å²) in [7, 11) is 0. The van der Waals surface area contributed by atoms with Crippen LogP contribution >= 0.6 is 0 Å². The number of aliphatic hydroxyl groups is 1. The van der Waals surface area contributed by atoms with Gasteiger partial charge in [-0.2, -0.15) is 0 Å². The summed E-state index contributed by atoms with van der Waals surface area (Å²) in [6.45, 7) is 2.20. The largest absolute Gasteiger partial charge is 0.395 e. The van der Waals surface area contributed by atoms with Crippen molar-refractivity contribution in [2.45, 2.75) is 30.8 Å². The van der Waals surface area contributed by atoms with Crippen LogP contribution < -0.4 is 0 Å². The van der Waals surface area contributed by atoms with E-state index in [0.29, 0.717) is 18.7 Å². The molecule has 0 aliphatic carbocycles. The van der Waals surface area contributed by atoms with Gasteiger partial charge < -0.3 is 10.0 Å². The van der Waals surface area contributed by atoms with Gasteiger partial charge in [0.1, 0.15) is 12.1 Å². The summed E-state index contributed by atoms with van der Waals surface area (Å²) in [6, 6.07) is 14.4. The monoisotopic (exact) mass is 446 g/mol. The van der Waals surface area contributed by atoms with Crippen molar-refractivity contribution in [1.82, 2.24) is 19.8 Å². The van der Waals surface area contributed by atoms with Gasteiger partial charge >= 0.3 is 0 Å². The van der Waals surface area contributed by atoms with Crippen LogP contribution in [-0.2, 0) is 0 Å². The van der Waals surface area contributed by atoms with Crippen LogP contribution in [0.5, 0.6) is 0 Å². The number of amides is 1. The maximum atomic E-state index is 13.7. The van der Waals surface area contributed by atoms with Gasteiger partial charge in [0, 0.05) is 54.6 Å². The molecule has 6 nitrogen and oxygen atoms in total. The second-order valence-electron chi connectivity index (χ2n) is 8.80. The molecule has 2 fully saturated rings. The van der Waals surface area contributed by atoms with Crippen molar-refractivity contribution >= 4 is 5.91 Å². The van der Waals surface area contributed by atoms with Crippen LogP contribution in [0.4, 0.5) is 4.39 Å². The number of aliphatic hydroxyl groups excluding tert-OH is 1. The third-order valence-electron chi connectivity index (χ3n) is 6.92. The summed E-state index contributed by atoms with van der Waals surface area (Å²) in [5, 5.41) is 10.2. The molecule has 0 saturated carbocycles. The van der Waals surface area contributed by atoms with Gasteiger partial charge in [-0.05, 0) is 48.7 Å². The van der Waals surface area contributed by atoms with Gasteiger partial charge in [-0.3, -0.25) is 9.69 Å². The Balaban J connectivity index is 1.39. The minimum Gasteiger partial charge on any atom is -0.395 e. The van der Waals surface area contributed by atoms with E-state index in [4.69, 9.17) is 0 Å². The highest BCUT2D eigenvalue weighted by molar-refractivity contribution is 5.94. The smallest absolute Gasteiger partial charge is 0.254 e. The zero-order chi connectivity index (χ0) is 22.8. The lowest BCUT2D eigenvalue weighted by Crippen LogP contribution is -2.67. The van der Waals surface area contributed by atoms with Crippen molar-refractivity contribution in [3.8, 4) is 11.1 Å². The molecule has 0 spiro atoms. The Morgan fingerprint density at radius 2 is 1.79 bits per heavy atom. The highest BCUT2D eigenvalue weighted by Gasteiger charge is 2.49. The fourth-order valence-corrected chi connectivity index (χ4v) is 5.27. The molecule has 3 atom stereocenters. The summed E-state index contributed by atoms with van der Waals surface area (Å²) < 4.78 is 13.7. The lowest BCUT2D eigenvalue weighted by atomic mass is 9.74. The minimum absolute atomic E-state index is 0.0325. The molecule has 0 bridgehead atoms. The topological polar surface area (TPSA) is 69.6 Å². The molecule has 0 radical (unpaired) electrons. The van der Waals surface area contributed by atoms with E-state index in [2.05, 4.69) is 39.1 Å². The molecule has 5 rings (SSSR count). The Morgan fingerprint density at radius 3 is 2.52 bits per heavy atom. The number of benzene rings is 2. The molecule has 7 heteroatoms. The van der Waals surface area contributed by atoms with E-state index >= 15 is 0 Å². The van der Waals surface area contributed by atoms with Gasteiger partial charge in [-0.15, -0.1) is 0 Å². The molecule has 2 aromatic carbocycles. The van der Waals surface area contributed by atoms with Crippen molar-refractivity contribution in [2.75, 3.05) is 26.2 Å². The fraction of sp³-hybridized carbons (Fsp3) is 0.346. The first-order valence-corrected chi connectivity index (χ1v) is 11.4. The van der Waals surface area contributed by atoms with Gasteiger partial charge in [0.2, 0.25) is 0 Å². The molecule has 1 aromatic heterocycles. The standard InChI is InChI=1S/C26H27FN4O2/c27-22-5-3-4-20(12-22)26(33)30-10-1-2-11-31-23(15-30)25(24(31)16-32)19-8-6-18(7-9-19)21-13-28-17-29-14-21/h3-9,12-14,17,23-25,32H,1-2,10-11,15-16H2/t23-,24-,25+/m0/s1. The molecule has 170 valence electrons. The summed E-state index contributed by atoms with van der Waals surface area (Å²) in [6.07, 6.45) is 6.93. The lowest BCUT2D eigenvalue weighted by Gasteiger charge is -2.57. The van der Waals surface area contributed by atoms with Gasteiger partial charge in [0.05, 0.1) is 6.61 Å². The summed E-state index contributed by atoms with van der Waals surface area (Å²) in [4.78, 5) is 25.5. The molecule has 2 aliphatic rings. The SMILES string of the molecule is O=C(c1cccc(F)c1)N1CCCCN2[C@@H](CO)[C@H](c3ccc(-c4cncnc4)cc3)[C@@H]2C1. The molecule has 1 amide bonds. The number of hydrogen-bond donors (Lipinski definition) is 1. The predicted octanol–water partition coefficient (Wildman–Crippen LogP) is 3.35.